The molecular formula is C23H18N2O6. The Hall–Kier alpha value is -4.35. The molecule has 0 bridgehead atoms. The molecule has 0 aliphatic heterocycles. The predicted octanol–water partition coefficient (Wildman–Crippen LogP) is 3.82. The molecule has 0 unspecified atom stereocenters. The maximum atomic E-state index is 11.6. The quantitative estimate of drug-likeness (QED) is 0.377. The number of methoxy groups -OCH3 is 2. The molecule has 1 heterocycles. The second-order valence-electron chi connectivity index (χ2n) is 6.24. The molecule has 156 valence electrons. The zero-order valence-corrected chi connectivity index (χ0v) is 16.7. The summed E-state index contributed by atoms with van der Waals surface area (Å²) in [6.45, 7) is 0. The standard InChI is InChI=1S/C23H18N2O6/c1-30-21-20(13-19(14-24-21)25(29)23(28)31-2)17-9-5-15(6-10-17)3-4-16-7-11-18(12-8-16)22(26)27/h5-14,29H,1-2H3,(H,26,27). The van der Waals surface area contributed by atoms with Gasteiger partial charge in [0.05, 0.1) is 31.7 Å². The first-order chi connectivity index (χ1) is 14.9. The largest absolute Gasteiger partial charge is 0.481 e. The summed E-state index contributed by atoms with van der Waals surface area (Å²) < 4.78 is 9.79. The minimum Gasteiger partial charge on any atom is -0.481 e. The molecule has 1 amide bonds. The van der Waals surface area contributed by atoms with E-state index in [1.54, 1.807) is 42.5 Å². The fraction of sp³-hybridized carbons (Fsp3) is 0.0870. The van der Waals surface area contributed by atoms with Crippen LogP contribution in [0.2, 0.25) is 0 Å². The highest BCUT2D eigenvalue weighted by Crippen LogP contribution is 2.31. The number of aromatic carboxylic acids is 1. The molecule has 3 aromatic rings. The van der Waals surface area contributed by atoms with Crippen molar-refractivity contribution in [3.8, 4) is 28.8 Å². The Morgan fingerprint density at radius 1 is 0.968 bits per heavy atom. The number of carboxylic acid groups (broad SMARTS) is 1. The Morgan fingerprint density at radius 3 is 2.06 bits per heavy atom. The van der Waals surface area contributed by atoms with Crippen LogP contribution < -0.4 is 9.80 Å². The summed E-state index contributed by atoms with van der Waals surface area (Å²) >= 11 is 0. The van der Waals surface area contributed by atoms with Crippen molar-refractivity contribution in [3.63, 3.8) is 0 Å². The van der Waals surface area contributed by atoms with Gasteiger partial charge >= 0.3 is 12.1 Å². The highest BCUT2D eigenvalue weighted by Gasteiger charge is 2.17. The van der Waals surface area contributed by atoms with E-state index in [4.69, 9.17) is 9.84 Å². The van der Waals surface area contributed by atoms with Gasteiger partial charge in [-0.15, -0.1) is 0 Å². The van der Waals surface area contributed by atoms with E-state index in [0.29, 0.717) is 22.1 Å². The normalized spacial score (nSPS) is 9.90. The van der Waals surface area contributed by atoms with Crippen LogP contribution in [-0.2, 0) is 4.74 Å². The molecule has 3 rings (SSSR count). The molecular weight excluding hydrogens is 400 g/mol. The summed E-state index contributed by atoms with van der Waals surface area (Å²) in [5, 5.41) is 19.2. The van der Waals surface area contributed by atoms with E-state index in [9.17, 15) is 14.8 Å². The number of aromatic nitrogens is 1. The fourth-order valence-electron chi connectivity index (χ4n) is 2.69. The van der Waals surface area contributed by atoms with Gasteiger partial charge in [0.2, 0.25) is 5.88 Å². The Labute approximate surface area is 178 Å². The van der Waals surface area contributed by atoms with Crippen molar-refractivity contribution in [1.29, 1.82) is 0 Å². The first-order valence-electron chi connectivity index (χ1n) is 8.99. The van der Waals surface area contributed by atoms with Gasteiger partial charge in [0.1, 0.15) is 0 Å². The molecule has 0 aliphatic rings. The molecule has 2 aromatic carbocycles. The lowest BCUT2D eigenvalue weighted by Gasteiger charge is -2.15. The molecule has 31 heavy (non-hydrogen) atoms. The Kier molecular flexibility index (Phi) is 6.50. The topological polar surface area (TPSA) is 109 Å². The van der Waals surface area contributed by atoms with Crippen molar-refractivity contribution >= 4 is 17.7 Å². The van der Waals surface area contributed by atoms with E-state index >= 15 is 0 Å². The zero-order chi connectivity index (χ0) is 22.4. The number of hydrogen-bond donors (Lipinski definition) is 2. The summed E-state index contributed by atoms with van der Waals surface area (Å²) in [7, 11) is 2.63. The summed E-state index contributed by atoms with van der Waals surface area (Å²) in [6.07, 6.45) is 0.342. The van der Waals surface area contributed by atoms with Crippen LogP contribution in [0.5, 0.6) is 5.88 Å². The number of hydroxylamine groups is 1. The smallest absolute Gasteiger partial charge is 0.438 e. The van der Waals surface area contributed by atoms with Gasteiger partial charge in [-0.2, -0.15) is 5.06 Å². The number of anilines is 1. The van der Waals surface area contributed by atoms with Gasteiger partial charge in [-0.1, -0.05) is 24.0 Å². The van der Waals surface area contributed by atoms with Crippen molar-refractivity contribution in [1.82, 2.24) is 4.98 Å². The van der Waals surface area contributed by atoms with Gasteiger partial charge in [0.25, 0.3) is 0 Å². The van der Waals surface area contributed by atoms with E-state index < -0.39 is 12.1 Å². The van der Waals surface area contributed by atoms with Crippen LogP contribution in [0.1, 0.15) is 21.5 Å². The Morgan fingerprint density at radius 2 is 1.55 bits per heavy atom. The van der Waals surface area contributed by atoms with Crippen molar-refractivity contribution in [3.05, 3.63) is 77.5 Å². The minimum absolute atomic E-state index is 0.122. The van der Waals surface area contributed by atoms with Crippen LogP contribution in [0.3, 0.4) is 0 Å². The van der Waals surface area contributed by atoms with E-state index in [0.717, 1.165) is 18.2 Å². The first-order valence-corrected chi connectivity index (χ1v) is 8.99. The number of pyridine rings is 1. The lowest BCUT2D eigenvalue weighted by atomic mass is 10.0. The SMILES string of the molecule is COC(=O)N(O)c1cnc(OC)c(-c2ccc(C#Cc3ccc(C(=O)O)cc3)cc2)c1. The molecule has 8 heteroatoms. The molecule has 0 saturated carbocycles. The van der Waals surface area contributed by atoms with Gasteiger partial charge in [-0.25, -0.2) is 14.6 Å². The predicted molar refractivity (Wildman–Crippen MR) is 112 cm³/mol. The molecule has 2 N–H and O–H groups in total. The van der Waals surface area contributed by atoms with Gasteiger partial charge in [0, 0.05) is 16.7 Å². The third-order valence-corrected chi connectivity index (χ3v) is 4.30. The van der Waals surface area contributed by atoms with Crippen LogP contribution in [0, 0.1) is 11.8 Å². The molecule has 0 fully saturated rings. The maximum absolute atomic E-state index is 11.6. The minimum atomic E-state index is -0.986. The van der Waals surface area contributed by atoms with Crippen LogP contribution >= 0.6 is 0 Å². The number of carboxylic acids is 1. The second kappa shape index (κ2) is 9.43. The molecule has 0 spiro atoms. The van der Waals surface area contributed by atoms with E-state index in [1.807, 2.05) is 0 Å². The third-order valence-electron chi connectivity index (χ3n) is 4.30. The van der Waals surface area contributed by atoms with Crippen LogP contribution in [0.25, 0.3) is 11.1 Å². The highest BCUT2D eigenvalue weighted by molar-refractivity contribution is 5.88. The van der Waals surface area contributed by atoms with Crippen LogP contribution in [-0.4, -0.2) is 41.6 Å². The van der Waals surface area contributed by atoms with Gasteiger partial charge in [-0.3, -0.25) is 5.21 Å². The maximum Gasteiger partial charge on any atom is 0.438 e. The number of carbonyl (C=O) groups excluding carboxylic acids is 1. The molecule has 0 saturated heterocycles. The van der Waals surface area contributed by atoms with Gasteiger partial charge in [-0.05, 0) is 48.0 Å². The number of nitrogens with zero attached hydrogens (tertiary/aromatic N) is 2. The van der Waals surface area contributed by atoms with Crippen molar-refractivity contribution in [2.45, 2.75) is 0 Å². The monoisotopic (exact) mass is 418 g/mol. The molecule has 0 atom stereocenters. The lowest BCUT2D eigenvalue weighted by molar-refractivity contribution is 0.0697. The van der Waals surface area contributed by atoms with Gasteiger partial charge < -0.3 is 14.6 Å². The van der Waals surface area contributed by atoms with E-state index in [2.05, 4.69) is 21.6 Å². The lowest BCUT2D eigenvalue weighted by Crippen LogP contribution is -2.26. The van der Waals surface area contributed by atoms with Crippen LogP contribution in [0.15, 0.2) is 60.8 Å². The molecule has 0 aliphatic carbocycles. The number of hydrogen-bond acceptors (Lipinski definition) is 6. The number of ether oxygens (including phenoxy) is 2. The van der Waals surface area contributed by atoms with Crippen molar-refractivity contribution in [2.75, 3.05) is 19.3 Å². The van der Waals surface area contributed by atoms with Crippen molar-refractivity contribution < 1.29 is 29.4 Å². The average molecular weight is 418 g/mol. The van der Waals surface area contributed by atoms with Gasteiger partial charge in [0.15, 0.2) is 0 Å². The number of benzene rings is 2. The molecule has 0 radical (unpaired) electrons. The Balaban J connectivity index is 1.86. The Bertz CT molecular complexity index is 1160. The zero-order valence-electron chi connectivity index (χ0n) is 16.7. The second-order valence-corrected chi connectivity index (χ2v) is 6.24. The number of amides is 1. The van der Waals surface area contributed by atoms with Crippen molar-refractivity contribution in [2.24, 2.45) is 0 Å². The number of rotatable bonds is 4. The first kappa shape index (κ1) is 21.4. The summed E-state index contributed by atoms with van der Waals surface area (Å²) in [5.74, 6) is 5.33. The third kappa shape index (κ3) is 4.98. The average Bonchev–Trinajstić information content (AvgIpc) is 2.81. The fourth-order valence-corrected chi connectivity index (χ4v) is 2.69. The molecule has 1 aromatic heterocycles. The summed E-state index contributed by atoms with van der Waals surface area (Å²) in [5.41, 5.74) is 3.06. The van der Waals surface area contributed by atoms with E-state index in [-0.39, 0.29) is 11.3 Å². The molecule has 8 nitrogen and oxygen atoms in total. The van der Waals surface area contributed by atoms with E-state index in [1.165, 1.54) is 25.4 Å². The highest BCUT2D eigenvalue weighted by atomic mass is 16.6. The van der Waals surface area contributed by atoms with Crippen LogP contribution in [0.4, 0.5) is 10.5 Å². The summed E-state index contributed by atoms with van der Waals surface area (Å²) in [6, 6.07) is 15.1. The summed E-state index contributed by atoms with van der Waals surface area (Å²) in [4.78, 5) is 26.6. The number of carbonyl (C=O) groups is 2.